The third-order valence-electron chi connectivity index (χ3n) is 6.27. The van der Waals surface area contributed by atoms with Gasteiger partial charge in [-0.1, -0.05) is 0 Å². The molecular formula is C26H29FN6O2. The molecule has 1 saturated heterocycles. The number of ether oxygens (including phenoxy) is 1. The molecule has 0 radical (unpaired) electrons. The third-order valence-corrected chi connectivity index (χ3v) is 6.27. The van der Waals surface area contributed by atoms with Crippen LogP contribution in [0.2, 0.25) is 0 Å². The zero-order chi connectivity index (χ0) is 24.9. The molecule has 0 unspecified atom stereocenters. The first-order valence-electron chi connectivity index (χ1n) is 11.7. The lowest BCUT2D eigenvalue weighted by atomic mass is 10.1. The van der Waals surface area contributed by atoms with Gasteiger partial charge in [0.25, 0.3) is 0 Å². The molecule has 4 heterocycles. The Balaban J connectivity index is 1.35. The molecule has 1 aromatic carbocycles. The number of amides is 1. The molecule has 0 spiro atoms. The normalized spacial score (nSPS) is 16.3. The van der Waals surface area contributed by atoms with Gasteiger partial charge in [0.2, 0.25) is 0 Å². The van der Waals surface area contributed by atoms with Crippen LogP contribution in [-0.2, 0) is 11.8 Å². The number of benzene rings is 1. The predicted octanol–water partition coefficient (Wildman–Crippen LogP) is 4.77. The molecule has 1 aliphatic heterocycles. The van der Waals surface area contributed by atoms with Gasteiger partial charge in [-0.25, -0.2) is 19.2 Å². The van der Waals surface area contributed by atoms with Crippen LogP contribution in [0.4, 0.5) is 14.9 Å². The largest absolute Gasteiger partial charge is 0.444 e. The van der Waals surface area contributed by atoms with Crippen molar-refractivity contribution < 1.29 is 13.9 Å². The van der Waals surface area contributed by atoms with Crippen LogP contribution in [0.5, 0.6) is 0 Å². The lowest BCUT2D eigenvalue weighted by Crippen LogP contribution is -2.39. The van der Waals surface area contributed by atoms with Crippen LogP contribution < -0.4 is 4.90 Å². The SMILES string of the molecule is CN(c1cnc2nc(-c3cc(F)c4nn(C)cc4c3)ccc2c1)[C@H]1CCN(C(=O)OC(C)(C)C)C1. The molecular weight excluding hydrogens is 447 g/mol. The molecule has 4 aromatic rings. The highest BCUT2D eigenvalue weighted by Gasteiger charge is 2.32. The number of aromatic nitrogens is 4. The van der Waals surface area contributed by atoms with Crippen LogP contribution in [-0.4, -0.2) is 62.5 Å². The van der Waals surface area contributed by atoms with Gasteiger partial charge in [-0.2, -0.15) is 5.10 Å². The number of nitrogens with zero attached hydrogens (tertiary/aromatic N) is 6. The van der Waals surface area contributed by atoms with Crippen molar-refractivity contribution in [2.45, 2.75) is 38.8 Å². The molecule has 0 bridgehead atoms. The Hall–Kier alpha value is -3.75. The number of halogens is 1. The van der Waals surface area contributed by atoms with Crippen LogP contribution in [0.25, 0.3) is 33.2 Å². The summed E-state index contributed by atoms with van der Waals surface area (Å²) >= 11 is 0. The van der Waals surface area contributed by atoms with E-state index in [9.17, 15) is 9.18 Å². The molecule has 1 amide bonds. The molecule has 5 rings (SSSR count). The second kappa shape index (κ2) is 8.48. The van der Waals surface area contributed by atoms with E-state index in [1.54, 1.807) is 29.0 Å². The highest BCUT2D eigenvalue weighted by Crippen LogP contribution is 2.28. The maximum Gasteiger partial charge on any atom is 0.410 e. The number of hydrogen-bond donors (Lipinski definition) is 0. The van der Waals surface area contributed by atoms with Crippen molar-refractivity contribution in [1.29, 1.82) is 0 Å². The lowest BCUT2D eigenvalue weighted by Gasteiger charge is -2.28. The number of carbonyl (C=O) groups excluding carboxylic acids is 1. The first-order valence-corrected chi connectivity index (χ1v) is 11.7. The van der Waals surface area contributed by atoms with Gasteiger partial charge in [-0.3, -0.25) is 4.68 Å². The van der Waals surface area contributed by atoms with E-state index in [0.29, 0.717) is 35.5 Å². The van der Waals surface area contributed by atoms with Crippen molar-refractivity contribution in [3.05, 3.63) is 48.5 Å². The van der Waals surface area contributed by atoms with Gasteiger partial charge in [0.05, 0.1) is 17.6 Å². The number of pyridine rings is 2. The fourth-order valence-corrected chi connectivity index (χ4v) is 4.47. The van der Waals surface area contributed by atoms with Crippen molar-refractivity contribution in [2.75, 3.05) is 25.0 Å². The molecule has 1 fully saturated rings. The highest BCUT2D eigenvalue weighted by molar-refractivity contribution is 5.86. The van der Waals surface area contributed by atoms with E-state index in [4.69, 9.17) is 4.74 Å². The van der Waals surface area contributed by atoms with Gasteiger partial charge >= 0.3 is 6.09 Å². The summed E-state index contributed by atoms with van der Waals surface area (Å²) in [5, 5.41) is 5.78. The molecule has 8 nitrogen and oxygen atoms in total. The van der Waals surface area contributed by atoms with Gasteiger partial charge in [-0.05, 0) is 57.5 Å². The van der Waals surface area contributed by atoms with Crippen LogP contribution >= 0.6 is 0 Å². The third kappa shape index (κ3) is 4.62. The molecule has 0 aliphatic carbocycles. The van der Waals surface area contributed by atoms with Crippen LogP contribution in [0, 0.1) is 5.82 Å². The van der Waals surface area contributed by atoms with Gasteiger partial charge in [-0.15, -0.1) is 0 Å². The summed E-state index contributed by atoms with van der Waals surface area (Å²) < 4.78 is 21.7. The molecule has 0 saturated carbocycles. The second-order valence-corrected chi connectivity index (χ2v) is 10.1. The number of likely N-dealkylation sites (N-methyl/N-ethyl adjacent to an activating group) is 1. The van der Waals surface area contributed by atoms with Crippen LogP contribution in [0.15, 0.2) is 42.7 Å². The van der Waals surface area contributed by atoms with Crippen molar-refractivity contribution in [3.8, 4) is 11.3 Å². The summed E-state index contributed by atoms with van der Waals surface area (Å²) in [6, 6.07) is 9.39. The smallest absolute Gasteiger partial charge is 0.410 e. The fraction of sp³-hybridized carbons (Fsp3) is 0.385. The minimum Gasteiger partial charge on any atom is -0.444 e. The predicted molar refractivity (Wildman–Crippen MR) is 134 cm³/mol. The van der Waals surface area contributed by atoms with E-state index in [1.165, 1.54) is 6.07 Å². The second-order valence-electron chi connectivity index (χ2n) is 10.1. The molecule has 0 N–H and O–H groups in total. The zero-order valence-electron chi connectivity index (χ0n) is 20.6. The van der Waals surface area contributed by atoms with E-state index in [-0.39, 0.29) is 18.0 Å². The van der Waals surface area contributed by atoms with Gasteiger partial charge in [0.15, 0.2) is 11.5 Å². The Morgan fingerprint density at radius 2 is 2.00 bits per heavy atom. The van der Waals surface area contributed by atoms with E-state index in [1.807, 2.05) is 52.1 Å². The van der Waals surface area contributed by atoms with E-state index >= 15 is 0 Å². The van der Waals surface area contributed by atoms with Crippen molar-refractivity contribution in [1.82, 2.24) is 24.6 Å². The Morgan fingerprint density at radius 3 is 2.77 bits per heavy atom. The van der Waals surface area contributed by atoms with Crippen molar-refractivity contribution >= 4 is 33.7 Å². The maximum absolute atomic E-state index is 14.6. The van der Waals surface area contributed by atoms with Gasteiger partial charge in [0.1, 0.15) is 11.1 Å². The monoisotopic (exact) mass is 476 g/mol. The highest BCUT2D eigenvalue weighted by atomic mass is 19.1. The minimum absolute atomic E-state index is 0.170. The summed E-state index contributed by atoms with van der Waals surface area (Å²) in [6.45, 7) is 6.88. The number of fused-ring (bicyclic) bond motifs is 2. The standard InChI is InChI=1S/C26H29FN6O2/c1-26(2,3)35-25(34)33-9-8-19(15-33)32(5)20-11-16-6-7-22(29-24(16)28-13-20)17-10-18-14-31(4)30-23(18)21(27)12-17/h6-7,10-14,19H,8-9,15H2,1-5H3/t19-/m0/s1. The number of carbonyl (C=O) groups is 1. The average molecular weight is 477 g/mol. The summed E-state index contributed by atoms with van der Waals surface area (Å²) in [7, 11) is 3.78. The minimum atomic E-state index is -0.509. The topological polar surface area (TPSA) is 76.4 Å². The van der Waals surface area contributed by atoms with E-state index in [2.05, 4.69) is 20.0 Å². The lowest BCUT2D eigenvalue weighted by molar-refractivity contribution is 0.0292. The molecule has 1 atom stereocenters. The summed E-state index contributed by atoms with van der Waals surface area (Å²) in [5.41, 5.74) is 2.71. The summed E-state index contributed by atoms with van der Waals surface area (Å²) in [6.07, 6.45) is 4.16. The Kier molecular flexibility index (Phi) is 5.57. The Morgan fingerprint density at radius 1 is 1.20 bits per heavy atom. The molecule has 3 aromatic heterocycles. The van der Waals surface area contributed by atoms with Gasteiger partial charge < -0.3 is 14.5 Å². The first-order chi connectivity index (χ1) is 16.6. The molecule has 35 heavy (non-hydrogen) atoms. The number of anilines is 1. The zero-order valence-corrected chi connectivity index (χ0v) is 20.6. The van der Waals surface area contributed by atoms with Crippen molar-refractivity contribution in [2.24, 2.45) is 7.05 Å². The quantitative estimate of drug-likeness (QED) is 0.424. The number of hydrogen-bond acceptors (Lipinski definition) is 6. The van der Waals surface area contributed by atoms with Crippen LogP contribution in [0.3, 0.4) is 0 Å². The number of aryl methyl sites for hydroxylation is 1. The fourth-order valence-electron chi connectivity index (χ4n) is 4.47. The van der Waals surface area contributed by atoms with Gasteiger partial charge in [0, 0.05) is 55.8 Å². The molecule has 182 valence electrons. The molecule has 1 aliphatic rings. The number of rotatable bonds is 3. The Labute approximate surface area is 203 Å². The first kappa shape index (κ1) is 23.0. The Bertz CT molecular complexity index is 1430. The van der Waals surface area contributed by atoms with E-state index in [0.717, 1.165) is 22.9 Å². The van der Waals surface area contributed by atoms with Crippen molar-refractivity contribution in [3.63, 3.8) is 0 Å². The average Bonchev–Trinajstić information content (AvgIpc) is 3.43. The van der Waals surface area contributed by atoms with E-state index < -0.39 is 5.60 Å². The summed E-state index contributed by atoms with van der Waals surface area (Å²) in [4.78, 5) is 25.6. The molecule has 9 heteroatoms. The number of likely N-dealkylation sites (tertiary alicyclic amines) is 1. The maximum atomic E-state index is 14.6. The summed E-state index contributed by atoms with van der Waals surface area (Å²) in [5.74, 6) is -0.373. The van der Waals surface area contributed by atoms with Crippen LogP contribution in [0.1, 0.15) is 27.2 Å².